The molecule has 3 N–H and O–H groups in total. The van der Waals surface area contributed by atoms with E-state index in [1.165, 1.54) is 5.56 Å². The molecule has 2 aromatic rings. The van der Waals surface area contributed by atoms with Gasteiger partial charge in [0.15, 0.2) is 5.13 Å². The van der Waals surface area contributed by atoms with Crippen molar-refractivity contribution < 1.29 is 0 Å². The lowest BCUT2D eigenvalue weighted by atomic mass is 10.1. The van der Waals surface area contributed by atoms with Crippen molar-refractivity contribution in [3.63, 3.8) is 0 Å². The van der Waals surface area contributed by atoms with Crippen LogP contribution >= 0.6 is 11.3 Å². The van der Waals surface area contributed by atoms with Crippen molar-refractivity contribution in [1.29, 1.82) is 0 Å². The first kappa shape index (κ1) is 9.98. The Kier molecular flexibility index (Phi) is 2.87. The average molecular weight is 219 g/mol. The molecule has 1 aromatic heterocycles. The monoisotopic (exact) mass is 219 g/mol. The summed E-state index contributed by atoms with van der Waals surface area (Å²) < 4.78 is 0. The average Bonchev–Trinajstić information content (AvgIpc) is 2.71. The summed E-state index contributed by atoms with van der Waals surface area (Å²) >= 11 is 1.60. The van der Waals surface area contributed by atoms with Crippen molar-refractivity contribution in [1.82, 2.24) is 4.98 Å². The molecular weight excluding hydrogens is 206 g/mol. The largest absolute Gasteiger partial charge is 0.399 e. The Balaban J connectivity index is 2.08. The highest BCUT2D eigenvalue weighted by atomic mass is 32.1. The fraction of sp³-hybridized carbons (Fsp3) is 0.182. The van der Waals surface area contributed by atoms with E-state index in [1.54, 1.807) is 17.5 Å². The number of nitrogens with one attached hydrogen (secondary N) is 1. The molecule has 0 aliphatic rings. The van der Waals surface area contributed by atoms with Gasteiger partial charge in [-0.2, -0.15) is 0 Å². The minimum absolute atomic E-state index is 0.247. The highest BCUT2D eigenvalue weighted by Gasteiger charge is 2.05. The second-order valence-corrected chi connectivity index (χ2v) is 4.26. The first-order chi connectivity index (χ1) is 7.25. The summed E-state index contributed by atoms with van der Waals surface area (Å²) in [6.45, 7) is 2.10. The molecule has 15 heavy (non-hydrogen) atoms. The topological polar surface area (TPSA) is 50.9 Å². The van der Waals surface area contributed by atoms with Gasteiger partial charge in [0, 0.05) is 17.3 Å². The number of rotatable bonds is 3. The minimum atomic E-state index is 0.247. The lowest BCUT2D eigenvalue weighted by molar-refractivity contribution is 0.882. The van der Waals surface area contributed by atoms with Gasteiger partial charge in [-0.3, -0.25) is 0 Å². The Hall–Kier alpha value is -1.55. The molecule has 0 amide bonds. The van der Waals surface area contributed by atoms with E-state index in [1.807, 2.05) is 29.6 Å². The lowest BCUT2D eigenvalue weighted by Gasteiger charge is -2.13. The zero-order valence-corrected chi connectivity index (χ0v) is 9.29. The zero-order valence-electron chi connectivity index (χ0n) is 8.47. The summed E-state index contributed by atoms with van der Waals surface area (Å²) in [5.74, 6) is 0. The molecule has 0 bridgehead atoms. The maximum absolute atomic E-state index is 5.63. The molecule has 0 fully saturated rings. The number of aromatic nitrogens is 1. The minimum Gasteiger partial charge on any atom is -0.399 e. The summed E-state index contributed by atoms with van der Waals surface area (Å²) in [6, 6.07) is 8.13. The first-order valence-corrected chi connectivity index (χ1v) is 5.65. The summed E-state index contributed by atoms with van der Waals surface area (Å²) in [4.78, 5) is 4.18. The molecule has 1 atom stereocenters. The lowest BCUT2D eigenvalue weighted by Crippen LogP contribution is -2.06. The molecule has 0 aliphatic heterocycles. The molecule has 1 heterocycles. The third-order valence-electron chi connectivity index (χ3n) is 2.21. The van der Waals surface area contributed by atoms with Crippen LogP contribution in [-0.2, 0) is 0 Å². The van der Waals surface area contributed by atoms with Crippen LogP contribution < -0.4 is 11.1 Å². The maximum Gasteiger partial charge on any atom is 0.183 e. The van der Waals surface area contributed by atoms with E-state index in [0.717, 1.165) is 10.8 Å². The van der Waals surface area contributed by atoms with E-state index in [9.17, 15) is 0 Å². The summed E-state index contributed by atoms with van der Waals surface area (Å²) in [7, 11) is 0. The third kappa shape index (κ3) is 2.47. The SMILES string of the molecule is CC(Nc1nccs1)c1ccc(N)cc1. The number of anilines is 2. The van der Waals surface area contributed by atoms with E-state index in [-0.39, 0.29) is 6.04 Å². The number of benzene rings is 1. The molecule has 3 nitrogen and oxygen atoms in total. The summed E-state index contributed by atoms with van der Waals surface area (Å²) in [5.41, 5.74) is 7.63. The number of nitrogens with zero attached hydrogens (tertiary/aromatic N) is 1. The highest BCUT2D eigenvalue weighted by Crippen LogP contribution is 2.21. The van der Waals surface area contributed by atoms with Crippen LogP contribution in [0.25, 0.3) is 0 Å². The van der Waals surface area contributed by atoms with Gasteiger partial charge in [-0.1, -0.05) is 12.1 Å². The van der Waals surface area contributed by atoms with Gasteiger partial charge < -0.3 is 11.1 Å². The fourth-order valence-electron chi connectivity index (χ4n) is 1.35. The van der Waals surface area contributed by atoms with Crippen LogP contribution in [0.5, 0.6) is 0 Å². The predicted octanol–water partition coefficient (Wildman–Crippen LogP) is 2.90. The van der Waals surface area contributed by atoms with Crippen molar-refractivity contribution in [2.24, 2.45) is 0 Å². The van der Waals surface area contributed by atoms with Crippen LogP contribution in [-0.4, -0.2) is 4.98 Å². The first-order valence-electron chi connectivity index (χ1n) is 4.77. The van der Waals surface area contributed by atoms with Gasteiger partial charge in [-0.05, 0) is 24.6 Å². The Morgan fingerprint density at radius 3 is 2.67 bits per heavy atom. The van der Waals surface area contributed by atoms with Crippen LogP contribution in [0.1, 0.15) is 18.5 Å². The predicted molar refractivity (Wildman–Crippen MR) is 65.0 cm³/mol. The van der Waals surface area contributed by atoms with Crippen LogP contribution in [0.3, 0.4) is 0 Å². The van der Waals surface area contributed by atoms with E-state index < -0.39 is 0 Å². The zero-order chi connectivity index (χ0) is 10.7. The second-order valence-electron chi connectivity index (χ2n) is 3.37. The summed E-state index contributed by atoms with van der Waals surface area (Å²) in [6.07, 6.45) is 1.79. The number of nitrogen functional groups attached to an aromatic ring is 1. The van der Waals surface area contributed by atoms with Crippen molar-refractivity contribution >= 4 is 22.2 Å². The normalized spacial score (nSPS) is 12.3. The Labute approximate surface area is 93.0 Å². The molecule has 78 valence electrons. The van der Waals surface area contributed by atoms with Crippen molar-refractivity contribution in [3.05, 3.63) is 41.4 Å². The number of thiazole rings is 1. The number of hydrogen-bond acceptors (Lipinski definition) is 4. The molecule has 0 aliphatic carbocycles. The smallest absolute Gasteiger partial charge is 0.183 e. The van der Waals surface area contributed by atoms with Gasteiger partial charge in [-0.15, -0.1) is 11.3 Å². The molecule has 0 saturated carbocycles. The van der Waals surface area contributed by atoms with E-state index in [2.05, 4.69) is 17.2 Å². The van der Waals surface area contributed by atoms with Gasteiger partial charge >= 0.3 is 0 Å². The molecule has 2 rings (SSSR count). The van der Waals surface area contributed by atoms with E-state index >= 15 is 0 Å². The van der Waals surface area contributed by atoms with Crippen LogP contribution in [0.4, 0.5) is 10.8 Å². The standard InChI is InChI=1S/C11H13N3S/c1-8(14-11-13-6-7-15-11)9-2-4-10(12)5-3-9/h2-8H,12H2,1H3,(H,13,14). The molecule has 0 spiro atoms. The third-order valence-corrected chi connectivity index (χ3v) is 2.91. The fourth-order valence-corrected chi connectivity index (χ4v) is 1.97. The molecule has 1 aromatic carbocycles. The quantitative estimate of drug-likeness (QED) is 0.780. The van der Waals surface area contributed by atoms with E-state index in [4.69, 9.17) is 5.73 Å². The highest BCUT2D eigenvalue weighted by molar-refractivity contribution is 7.13. The maximum atomic E-state index is 5.63. The van der Waals surface area contributed by atoms with Crippen LogP contribution in [0.2, 0.25) is 0 Å². The summed E-state index contributed by atoms with van der Waals surface area (Å²) in [5, 5.41) is 6.22. The molecule has 1 unspecified atom stereocenters. The van der Waals surface area contributed by atoms with Gasteiger partial charge in [0.25, 0.3) is 0 Å². The Morgan fingerprint density at radius 2 is 2.07 bits per heavy atom. The van der Waals surface area contributed by atoms with Crippen molar-refractivity contribution in [2.75, 3.05) is 11.1 Å². The van der Waals surface area contributed by atoms with Gasteiger partial charge in [0.1, 0.15) is 0 Å². The molecule has 0 saturated heterocycles. The van der Waals surface area contributed by atoms with Gasteiger partial charge in [0.05, 0.1) is 6.04 Å². The van der Waals surface area contributed by atoms with Crippen LogP contribution in [0.15, 0.2) is 35.8 Å². The number of hydrogen-bond donors (Lipinski definition) is 2. The second kappa shape index (κ2) is 4.31. The molecule has 0 radical (unpaired) electrons. The molecule has 4 heteroatoms. The van der Waals surface area contributed by atoms with E-state index in [0.29, 0.717) is 0 Å². The number of nitrogens with two attached hydrogens (primary N) is 1. The Morgan fingerprint density at radius 1 is 1.33 bits per heavy atom. The van der Waals surface area contributed by atoms with Crippen LogP contribution in [0, 0.1) is 0 Å². The Bertz CT molecular complexity index is 408. The van der Waals surface area contributed by atoms with Gasteiger partial charge in [0.2, 0.25) is 0 Å². The van der Waals surface area contributed by atoms with Gasteiger partial charge in [-0.25, -0.2) is 4.98 Å². The van der Waals surface area contributed by atoms with Crippen molar-refractivity contribution in [3.8, 4) is 0 Å². The molecular formula is C11H13N3S. The van der Waals surface area contributed by atoms with Crippen molar-refractivity contribution in [2.45, 2.75) is 13.0 Å².